The Kier molecular flexibility index (Phi) is 11.1. The van der Waals surface area contributed by atoms with Gasteiger partial charge in [0.25, 0.3) is 0 Å². The molecule has 1 saturated heterocycles. The molecule has 0 amide bonds. The first-order chi connectivity index (χ1) is 17.4. The number of hydrogen-bond donors (Lipinski definition) is 0. The Hall–Kier alpha value is -3.45. The molecule has 0 N–H and O–H groups in total. The van der Waals surface area contributed by atoms with Gasteiger partial charge in [0, 0.05) is 32.2 Å². The average molecular weight is 587 g/mol. The van der Waals surface area contributed by atoms with E-state index in [0.717, 1.165) is 39.3 Å². The van der Waals surface area contributed by atoms with Crippen molar-refractivity contribution >= 4 is 51.9 Å². The Morgan fingerprint density at radius 2 is 1.35 bits per heavy atom. The summed E-state index contributed by atoms with van der Waals surface area (Å²) in [5.74, 6) is -4.29. The maximum Gasteiger partial charge on any atom is 0.373 e. The molecule has 5 unspecified atom stereocenters. The van der Waals surface area contributed by atoms with Gasteiger partial charge >= 0.3 is 29.8 Å². The number of benzene rings is 1. The SMILES string of the molecule is COC(=O)C(=Cc1ccc(Br)cc1)OC1OC(COC(C)=O)C(OC(C)=O)C(OC(C)=O)C1OC(C)=O. The van der Waals surface area contributed by atoms with Gasteiger partial charge in [-0.1, -0.05) is 28.1 Å². The van der Waals surface area contributed by atoms with Gasteiger partial charge in [-0.3, -0.25) is 19.2 Å². The molecule has 1 heterocycles. The number of esters is 5. The van der Waals surface area contributed by atoms with Crippen LogP contribution in [0, 0.1) is 0 Å². The molecule has 0 aromatic heterocycles. The molecule has 1 fully saturated rings. The van der Waals surface area contributed by atoms with E-state index in [9.17, 15) is 24.0 Å². The molecule has 0 aliphatic carbocycles. The van der Waals surface area contributed by atoms with Crippen molar-refractivity contribution < 1.29 is 57.1 Å². The van der Waals surface area contributed by atoms with Gasteiger partial charge in [-0.05, 0) is 23.8 Å². The Morgan fingerprint density at radius 1 is 0.811 bits per heavy atom. The molecule has 5 atom stereocenters. The van der Waals surface area contributed by atoms with E-state index in [0.29, 0.717) is 5.56 Å². The maximum atomic E-state index is 12.5. The molecule has 12 nitrogen and oxygen atoms in total. The zero-order valence-electron chi connectivity index (χ0n) is 20.8. The highest BCUT2D eigenvalue weighted by molar-refractivity contribution is 9.10. The smallest absolute Gasteiger partial charge is 0.373 e. The predicted molar refractivity (Wildman–Crippen MR) is 127 cm³/mol. The first-order valence-corrected chi connectivity index (χ1v) is 11.7. The summed E-state index contributed by atoms with van der Waals surface area (Å²) in [7, 11) is 1.13. The van der Waals surface area contributed by atoms with Gasteiger partial charge in [-0.25, -0.2) is 4.79 Å². The molecule has 0 saturated carbocycles. The van der Waals surface area contributed by atoms with Crippen LogP contribution >= 0.6 is 15.9 Å². The number of methoxy groups -OCH3 is 1. The van der Waals surface area contributed by atoms with Gasteiger partial charge in [0.15, 0.2) is 12.2 Å². The van der Waals surface area contributed by atoms with Crippen LogP contribution < -0.4 is 0 Å². The lowest BCUT2D eigenvalue weighted by molar-refractivity contribution is -0.299. The zero-order valence-corrected chi connectivity index (χ0v) is 22.3. The molecule has 202 valence electrons. The van der Waals surface area contributed by atoms with E-state index in [1.54, 1.807) is 24.3 Å². The molecule has 13 heteroatoms. The van der Waals surface area contributed by atoms with E-state index in [1.165, 1.54) is 6.08 Å². The Balaban J connectivity index is 2.55. The second-order valence-corrected chi connectivity index (χ2v) is 8.65. The standard InChI is InChI=1S/C24H27BrO12/c1-12(26)32-11-19-20(33-13(2)27)21(34-14(3)28)22(35-15(4)29)24(37-19)36-18(23(30)31-5)10-16-6-8-17(25)9-7-16/h6-10,19-22,24H,11H2,1-5H3. The summed E-state index contributed by atoms with van der Waals surface area (Å²) >= 11 is 3.32. The highest BCUT2D eigenvalue weighted by Crippen LogP contribution is 2.31. The van der Waals surface area contributed by atoms with E-state index >= 15 is 0 Å². The molecule has 0 radical (unpaired) electrons. The highest BCUT2D eigenvalue weighted by atomic mass is 79.9. The van der Waals surface area contributed by atoms with Crippen LogP contribution in [-0.2, 0) is 57.1 Å². The molecule has 37 heavy (non-hydrogen) atoms. The van der Waals surface area contributed by atoms with Crippen molar-refractivity contribution in [2.45, 2.75) is 58.4 Å². The largest absolute Gasteiger partial charge is 0.463 e. The number of hydrogen-bond acceptors (Lipinski definition) is 12. The van der Waals surface area contributed by atoms with Gasteiger partial charge in [0.05, 0.1) is 7.11 Å². The zero-order chi connectivity index (χ0) is 27.7. The molecular formula is C24H27BrO12. The predicted octanol–water partition coefficient (Wildman–Crippen LogP) is 2.06. The third-order valence-corrected chi connectivity index (χ3v) is 5.27. The van der Waals surface area contributed by atoms with Crippen LogP contribution in [0.15, 0.2) is 34.5 Å². The molecule has 1 aromatic rings. The van der Waals surface area contributed by atoms with Gasteiger partial charge < -0.3 is 33.2 Å². The molecule has 0 spiro atoms. The van der Waals surface area contributed by atoms with Gasteiger partial charge in [0.1, 0.15) is 12.7 Å². The number of carbonyl (C=O) groups is 5. The summed E-state index contributed by atoms with van der Waals surface area (Å²) < 4.78 is 38.3. The van der Waals surface area contributed by atoms with Crippen molar-refractivity contribution in [3.8, 4) is 0 Å². The van der Waals surface area contributed by atoms with E-state index < -0.39 is 67.2 Å². The summed E-state index contributed by atoms with van der Waals surface area (Å²) in [6, 6.07) is 6.83. The molecule has 2 rings (SSSR count). The lowest BCUT2D eigenvalue weighted by Gasteiger charge is -2.43. The van der Waals surface area contributed by atoms with Crippen molar-refractivity contribution in [2.24, 2.45) is 0 Å². The molecule has 1 aliphatic heterocycles. The number of ether oxygens (including phenoxy) is 7. The molecular weight excluding hydrogens is 560 g/mol. The van der Waals surface area contributed by atoms with E-state index in [-0.39, 0.29) is 5.76 Å². The van der Waals surface area contributed by atoms with Crippen molar-refractivity contribution in [1.82, 2.24) is 0 Å². The van der Waals surface area contributed by atoms with Crippen molar-refractivity contribution in [1.29, 1.82) is 0 Å². The Bertz CT molecular complexity index is 1030. The fourth-order valence-corrected chi connectivity index (χ4v) is 3.63. The summed E-state index contributed by atoms with van der Waals surface area (Å²) in [5, 5.41) is 0. The molecule has 1 aromatic carbocycles. The minimum Gasteiger partial charge on any atom is -0.463 e. The lowest BCUT2D eigenvalue weighted by atomic mass is 9.98. The third kappa shape index (κ3) is 9.17. The number of halogens is 1. The molecule has 1 aliphatic rings. The maximum absolute atomic E-state index is 12.5. The summed E-state index contributed by atoms with van der Waals surface area (Å²) in [6.45, 7) is 4.00. The summed E-state index contributed by atoms with van der Waals surface area (Å²) in [4.78, 5) is 59.7. The second kappa shape index (κ2) is 13.7. The minimum atomic E-state index is -1.58. The lowest BCUT2D eigenvalue weighted by Crippen LogP contribution is -2.63. The first-order valence-electron chi connectivity index (χ1n) is 10.9. The Morgan fingerprint density at radius 3 is 1.86 bits per heavy atom. The van der Waals surface area contributed by atoms with Crippen LogP contribution in [0.3, 0.4) is 0 Å². The van der Waals surface area contributed by atoms with E-state index in [4.69, 9.17) is 33.2 Å². The van der Waals surface area contributed by atoms with E-state index in [1.807, 2.05) is 0 Å². The summed E-state index contributed by atoms with van der Waals surface area (Å²) in [5.41, 5.74) is 0.550. The number of rotatable bonds is 9. The number of carbonyl (C=O) groups excluding carboxylic acids is 5. The monoisotopic (exact) mass is 586 g/mol. The van der Waals surface area contributed by atoms with Crippen LogP contribution in [0.2, 0.25) is 0 Å². The van der Waals surface area contributed by atoms with Crippen LogP contribution in [0.1, 0.15) is 33.3 Å². The van der Waals surface area contributed by atoms with Crippen LogP contribution in [-0.4, -0.2) is 74.3 Å². The first kappa shape index (κ1) is 29.8. The Labute approximate surface area is 221 Å². The third-order valence-electron chi connectivity index (χ3n) is 4.75. The minimum absolute atomic E-state index is 0.342. The van der Waals surface area contributed by atoms with Crippen molar-refractivity contribution in [3.05, 3.63) is 40.1 Å². The van der Waals surface area contributed by atoms with Gasteiger partial charge in [-0.2, -0.15) is 0 Å². The summed E-state index contributed by atoms with van der Waals surface area (Å²) in [6.07, 6.45) is -5.77. The van der Waals surface area contributed by atoms with Crippen LogP contribution in [0.4, 0.5) is 0 Å². The van der Waals surface area contributed by atoms with Gasteiger partial charge in [0.2, 0.25) is 18.2 Å². The van der Waals surface area contributed by atoms with Crippen molar-refractivity contribution in [2.75, 3.05) is 13.7 Å². The average Bonchev–Trinajstić information content (AvgIpc) is 2.81. The topological polar surface area (TPSA) is 150 Å². The fraction of sp³-hybridized carbons (Fsp3) is 0.458. The normalized spacial score (nSPS) is 23.3. The molecule has 0 bridgehead atoms. The highest BCUT2D eigenvalue weighted by Gasteiger charge is 2.53. The second-order valence-electron chi connectivity index (χ2n) is 7.74. The quantitative estimate of drug-likeness (QED) is 0.180. The van der Waals surface area contributed by atoms with Crippen LogP contribution in [0.25, 0.3) is 6.08 Å². The van der Waals surface area contributed by atoms with Crippen LogP contribution in [0.5, 0.6) is 0 Å². The van der Waals surface area contributed by atoms with E-state index in [2.05, 4.69) is 15.9 Å². The van der Waals surface area contributed by atoms with Gasteiger partial charge in [-0.15, -0.1) is 0 Å². The van der Waals surface area contributed by atoms with Crippen molar-refractivity contribution in [3.63, 3.8) is 0 Å². The fourth-order valence-electron chi connectivity index (χ4n) is 3.36.